The van der Waals surface area contributed by atoms with Gasteiger partial charge in [0.2, 0.25) is 0 Å². The summed E-state index contributed by atoms with van der Waals surface area (Å²) in [5, 5.41) is 9.36. The molecule has 0 radical (unpaired) electrons. The van der Waals surface area contributed by atoms with Crippen molar-refractivity contribution in [3.05, 3.63) is 59.7 Å². The molecule has 2 N–H and O–H groups in total. The van der Waals surface area contributed by atoms with E-state index in [0.29, 0.717) is 16.8 Å². The maximum atomic E-state index is 13.0. The Morgan fingerprint density at radius 2 is 1.92 bits per heavy atom. The van der Waals surface area contributed by atoms with Gasteiger partial charge >= 0.3 is 6.18 Å². The Balaban J connectivity index is 2.17. The zero-order valence-corrected chi connectivity index (χ0v) is 13.0. The Morgan fingerprint density at radius 1 is 1.16 bits per heavy atom. The average molecular weight is 343 g/mol. The number of aryl methyl sites for hydroxylation is 1. The number of benzene rings is 1. The molecule has 3 rings (SSSR count). The number of alkyl halides is 3. The zero-order valence-electron chi connectivity index (χ0n) is 13.0. The van der Waals surface area contributed by atoms with E-state index in [-0.39, 0.29) is 17.2 Å². The molecule has 0 spiro atoms. The van der Waals surface area contributed by atoms with Gasteiger partial charge in [-0.2, -0.15) is 18.4 Å². The number of hydrogen-bond acceptors (Lipinski definition) is 4. The second-order valence-electron chi connectivity index (χ2n) is 5.42. The van der Waals surface area contributed by atoms with Crippen molar-refractivity contribution in [1.29, 1.82) is 5.26 Å². The smallest absolute Gasteiger partial charge is 0.384 e. The van der Waals surface area contributed by atoms with Gasteiger partial charge in [0.15, 0.2) is 0 Å². The van der Waals surface area contributed by atoms with Gasteiger partial charge in [0, 0.05) is 23.5 Å². The monoisotopic (exact) mass is 343 g/mol. The molecule has 1 aromatic carbocycles. The Bertz CT molecular complexity index is 983. The SMILES string of the molecule is Cc1ccc(C(F)(F)F)cc1-n1cc(-c2cc(N)ncn2)cc1C#N. The Morgan fingerprint density at radius 3 is 2.56 bits per heavy atom. The van der Waals surface area contributed by atoms with Crippen molar-refractivity contribution in [2.45, 2.75) is 13.1 Å². The lowest BCUT2D eigenvalue weighted by molar-refractivity contribution is -0.137. The van der Waals surface area contributed by atoms with Crippen molar-refractivity contribution in [3.63, 3.8) is 0 Å². The van der Waals surface area contributed by atoms with E-state index in [1.165, 1.54) is 23.0 Å². The topological polar surface area (TPSA) is 80.5 Å². The normalized spacial score (nSPS) is 11.3. The highest BCUT2D eigenvalue weighted by Gasteiger charge is 2.31. The summed E-state index contributed by atoms with van der Waals surface area (Å²) in [6.45, 7) is 1.68. The molecular weight excluding hydrogens is 331 g/mol. The Hall–Kier alpha value is -3.34. The van der Waals surface area contributed by atoms with Crippen molar-refractivity contribution in [2.75, 3.05) is 5.73 Å². The van der Waals surface area contributed by atoms with E-state index in [4.69, 9.17) is 5.73 Å². The number of aromatic nitrogens is 3. The van der Waals surface area contributed by atoms with Crippen molar-refractivity contribution >= 4 is 5.82 Å². The molecule has 2 aromatic heterocycles. The van der Waals surface area contributed by atoms with Gasteiger partial charge in [-0.15, -0.1) is 0 Å². The lowest BCUT2D eigenvalue weighted by Gasteiger charge is -2.13. The molecule has 126 valence electrons. The number of anilines is 1. The van der Waals surface area contributed by atoms with Gasteiger partial charge < -0.3 is 10.3 Å². The molecule has 0 fully saturated rings. The van der Waals surface area contributed by atoms with E-state index >= 15 is 0 Å². The number of rotatable bonds is 2. The molecule has 0 saturated heterocycles. The standard InChI is InChI=1S/C17H12F3N5/c1-10-2-3-12(17(18,19)20)5-15(10)25-8-11(4-13(25)7-21)14-6-16(22)24-9-23-14/h2-6,8-9H,1H3,(H2,22,23,24). The third kappa shape index (κ3) is 3.17. The number of halogens is 3. The van der Waals surface area contributed by atoms with E-state index in [1.807, 2.05) is 6.07 Å². The summed E-state index contributed by atoms with van der Waals surface area (Å²) in [7, 11) is 0. The van der Waals surface area contributed by atoms with Crippen LogP contribution in [0, 0.1) is 18.3 Å². The molecule has 0 atom stereocenters. The van der Waals surface area contributed by atoms with Crippen LogP contribution in [0.2, 0.25) is 0 Å². The fourth-order valence-electron chi connectivity index (χ4n) is 2.46. The first kappa shape index (κ1) is 16.5. The summed E-state index contributed by atoms with van der Waals surface area (Å²) in [6, 6.07) is 8.48. The third-order valence-corrected chi connectivity index (χ3v) is 3.71. The van der Waals surface area contributed by atoms with Gasteiger partial charge in [0.25, 0.3) is 0 Å². The van der Waals surface area contributed by atoms with Gasteiger partial charge in [0.1, 0.15) is 23.9 Å². The second-order valence-corrected chi connectivity index (χ2v) is 5.42. The van der Waals surface area contributed by atoms with Crippen molar-refractivity contribution in [1.82, 2.24) is 14.5 Å². The molecule has 25 heavy (non-hydrogen) atoms. The summed E-state index contributed by atoms with van der Waals surface area (Å²) >= 11 is 0. The van der Waals surface area contributed by atoms with Crippen LogP contribution < -0.4 is 5.73 Å². The van der Waals surface area contributed by atoms with Crippen LogP contribution in [0.3, 0.4) is 0 Å². The molecule has 0 bridgehead atoms. The molecule has 0 aliphatic rings. The molecule has 2 heterocycles. The summed E-state index contributed by atoms with van der Waals surface area (Å²) in [4.78, 5) is 7.87. The van der Waals surface area contributed by atoms with Crippen LogP contribution in [0.5, 0.6) is 0 Å². The number of hydrogen-bond donors (Lipinski definition) is 1. The maximum absolute atomic E-state index is 13.0. The summed E-state index contributed by atoms with van der Waals surface area (Å²) in [5.41, 5.74) is 6.96. The predicted molar refractivity (Wildman–Crippen MR) is 85.7 cm³/mol. The minimum Gasteiger partial charge on any atom is -0.384 e. The molecule has 8 heteroatoms. The van der Waals surface area contributed by atoms with Crippen LogP contribution in [0.15, 0.2) is 42.9 Å². The van der Waals surface area contributed by atoms with Crippen LogP contribution >= 0.6 is 0 Å². The lowest BCUT2D eigenvalue weighted by Crippen LogP contribution is -2.07. The lowest BCUT2D eigenvalue weighted by atomic mass is 10.1. The third-order valence-electron chi connectivity index (χ3n) is 3.71. The summed E-state index contributed by atoms with van der Waals surface area (Å²) < 4.78 is 40.4. The van der Waals surface area contributed by atoms with Crippen LogP contribution in [0.1, 0.15) is 16.8 Å². The van der Waals surface area contributed by atoms with Crippen molar-refractivity contribution < 1.29 is 13.2 Å². The molecule has 3 aromatic rings. The molecule has 0 saturated carbocycles. The number of nitriles is 1. The largest absolute Gasteiger partial charge is 0.416 e. The molecule has 0 unspecified atom stereocenters. The fourth-order valence-corrected chi connectivity index (χ4v) is 2.46. The van der Waals surface area contributed by atoms with Crippen molar-refractivity contribution in [3.8, 4) is 23.0 Å². The van der Waals surface area contributed by atoms with Gasteiger partial charge in [-0.1, -0.05) is 6.07 Å². The number of nitrogen functional groups attached to an aromatic ring is 1. The van der Waals surface area contributed by atoms with E-state index in [0.717, 1.165) is 12.1 Å². The van der Waals surface area contributed by atoms with Gasteiger partial charge in [-0.3, -0.25) is 0 Å². The van der Waals surface area contributed by atoms with Crippen LogP contribution in [-0.2, 0) is 6.18 Å². The van der Waals surface area contributed by atoms with E-state index < -0.39 is 11.7 Å². The minimum absolute atomic E-state index is 0.189. The van der Waals surface area contributed by atoms with Crippen LogP contribution in [-0.4, -0.2) is 14.5 Å². The highest BCUT2D eigenvalue weighted by atomic mass is 19.4. The van der Waals surface area contributed by atoms with Gasteiger partial charge in [-0.05, 0) is 30.7 Å². The molecule has 0 aliphatic heterocycles. The zero-order chi connectivity index (χ0) is 18.2. The highest BCUT2D eigenvalue weighted by Crippen LogP contribution is 2.33. The van der Waals surface area contributed by atoms with Crippen LogP contribution in [0.25, 0.3) is 16.9 Å². The molecule has 0 aliphatic carbocycles. The quantitative estimate of drug-likeness (QED) is 0.769. The first-order valence-corrected chi connectivity index (χ1v) is 7.18. The Labute approximate surface area is 141 Å². The summed E-state index contributed by atoms with van der Waals surface area (Å²) in [6.07, 6.45) is -1.63. The second kappa shape index (κ2) is 5.94. The highest BCUT2D eigenvalue weighted by molar-refractivity contribution is 5.65. The van der Waals surface area contributed by atoms with Crippen LogP contribution in [0.4, 0.5) is 19.0 Å². The number of nitrogens with zero attached hydrogens (tertiary/aromatic N) is 4. The molecule has 0 amide bonds. The first-order valence-electron chi connectivity index (χ1n) is 7.18. The molecule has 5 nitrogen and oxygen atoms in total. The maximum Gasteiger partial charge on any atom is 0.416 e. The van der Waals surface area contributed by atoms with E-state index in [9.17, 15) is 18.4 Å². The van der Waals surface area contributed by atoms with Crippen molar-refractivity contribution in [2.24, 2.45) is 0 Å². The fraction of sp³-hybridized carbons (Fsp3) is 0.118. The Kier molecular flexibility index (Phi) is 3.93. The predicted octanol–water partition coefficient (Wildman–Crippen LogP) is 3.72. The van der Waals surface area contributed by atoms with Gasteiger partial charge in [0.05, 0.1) is 11.3 Å². The average Bonchev–Trinajstić information content (AvgIpc) is 2.98. The molecular formula is C17H12F3N5. The minimum atomic E-state index is -4.47. The summed E-state index contributed by atoms with van der Waals surface area (Å²) in [5.74, 6) is 0.256. The van der Waals surface area contributed by atoms with E-state index in [1.54, 1.807) is 19.2 Å². The van der Waals surface area contributed by atoms with E-state index in [2.05, 4.69) is 9.97 Å². The first-order chi connectivity index (χ1) is 11.8. The van der Waals surface area contributed by atoms with Gasteiger partial charge in [-0.25, -0.2) is 9.97 Å². The number of nitrogens with two attached hydrogens (primary N) is 1.